The molecule has 1 N–H and O–H groups in total. The molecule has 0 amide bonds. The zero-order valence-corrected chi connectivity index (χ0v) is 16.1. The molecule has 0 unspecified atom stereocenters. The number of hydrogen-bond donors (Lipinski definition) is 1. The molecule has 2 heterocycles. The number of rotatable bonds is 5. The zero-order valence-electron chi connectivity index (χ0n) is 16.1. The van der Waals surface area contributed by atoms with E-state index < -0.39 is 0 Å². The van der Waals surface area contributed by atoms with Gasteiger partial charge in [0.2, 0.25) is 5.88 Å². The van der Waals surface area contributed by atoms with Gasteiger partial charge in [-0.1, -0.05) is 31.0 Å². The van der Waals surface area contributed by atoms with Gasteiger partial charge in [-0.2, -0.15) is 0 Å². The van der Waals surface area contributed by atoms with Gasteiger partial charge in [0.1, 0.15) is 11.4 Å². The molecule has 0 spiro atoms. The van der Waals surface area contributed by atoms with E-state index in [0.29, 0.717) is 5.88 Å². The van der Waals surface area contributed by atoms with Crippen LogP contribution >= 0.6 is 0 Å². The normalized spacial score (nSPS) is 13.4. The van der Waals surface area contributed by atoms with Crippen molar-refractivity contribution < 1.29 is 4.74 Å². The molecule has 0 aliphatic carbocycles. The monoisotopic (exact) mass is 339 g/mol. The maximum absolute atomic E-state index is 6.33. The summed E-state index contributed by atoms with van der Waals surface area (Å²) in [7, 11) is 0. The van der Waals surface area contributed by atoms with Crippen molar-refractivity contribution >= 4 is 11.4 Å². The van der Waals surface area contributed by atoms with Crippen LogP contribution in [-0.4, -0.2) is 24.6 Å². The minimum atomic E-state index is 0.686. The van der Waals surface area contributed by atoms with Gasteiger partial charge >= 0.3 is 0 Å². The van der Waals surface area contributed by atoms with Crippen molar-refractivity contribution in [1.29, 1.82) is 0 Å². The van der Waals surface area contributed by atoms with E-state index >= 15 is 0 Å². The summed E-state index contributed by atoms with van der Waals surface area (Å²) >= 11 is 0. The number of nitrogens with zero attached hydrogens (tertiary/aromatic N) is 2. The second-order valence-corrected chi connectivity index (χ2v) is 7.06. The zero-order chi connectivity index (χ0) is 18.0. The van der Waals surface area contributed by atoms with Crippen LogP contribution in [0.3, 0.4) is 0 Å². The molecule has 134 valence electrons. The molecular formula is C21H29N3O. The summed E-state index contributed by atoms with van der Waals surface area (Å²) < 4.78 is 6.33. The third kappa shape index (κ3) is 3.73. The average molecular weight is 339 g/mol. The van der Waals surface area contributed by atoms with Crippen LogP contribution in [0.5, 0.6) is 11.6 Å². The van der Waals surface area contributed by atoms with Gasteiger partial charge in [-0.25, -0.2) is 4.98 Å². The van der Waals surface area contributed by atoms with Crippen LogP contribution in [0.4, 0.5) is 11.4 Å². The number of benzene rings is 1. The molecule has 3 rings (SSSR count). The van der Waals surface area contributed by atoms with E-state index in [9.17, 15) is 0 Å². The van der Waals surface area contributed by atoms with Crippen molar-refractivity contribution in [3.05, 3.63) is 40.6 Å². The van der Waals surface area contributed by atoms with E-state index in [-0.39, 0.29) is 0 Å². The summed E-state index contributed by atoms with van der Waals surface area (Å²) in [4.78, 5) is 7.14. The van der Waals surface area contributed by atoms with Crippen LogP contribution in [0.25, 0.3) is 0 Å². The highest BCUT2D eigenvalue weighted by molar-refractivity contribution is 5.77. The number of aromatic nitrogens is 1. The molecule has 0 atom stereocenters. The van der Waals surface area contributed by atoms with Crippen LogP contribution in [-0.2, 0) is 0 Å². The molecule has 1 aromatic carbocycles. The first-order chi connectivity index (χ1) is 12.0. The highest BCUT2D eigenvalue weighted by Gasteiger charge is 2.22. The van der Waals surface area contributed by atoms with Crippen LogP contribution < -0.4 is 15.0 Å². The lowest BCUT2D eigenvalue weighted by molar-refractivity contribution is 0.455. The Kier molecular flexibility index (Phi) is 5.16. The third-order valence-electron chi connectivity index (χ3n) is 4.70. The van der Waals surface area contributed by atoms with Gasteiger partial charge in [-0.3, -0.25) is 0 Å². The van der Waals surface area contributed by atoms with Gasteiger partial charge in [0, 0.05) is 25.3 Å². The molecule has 1 aliphatic rings. The number of anilines is 2. The Balaban J connectivity index is 1.99. The quantitative estimate of drug-likeness (QED) is 0.818. The number of ether oxygens (including phenoxy) is 1. The first kappa shape index (κ1) is 17.6. The molecule has 0 bridgehead atoms. The highest BCUT2D eigenvalue weighted by atomic mass is 16.5. The van der Waals surface area contributed by atoms with Gasteiger partial charge in [-0.05, 0) is 51.3 Å². The van der Waals surface area contributed by atoms with Crippen molar-refractivity contribution in [2.24, 2.45) is 0 Å². The third-order valence-corrected chi connectivity index (χ3v) is 4.70. The van der Waals surface area contributed by atoms with Crippen molar-refractivity contribution in [3.8, 4) is 11.6 Å². The van der Waals surface area contributed by atoms with Crippen molar-refractivity contribution in [2.75, 3.05) is 29.9 Å². The van der Waals surface area contributed by atoms with Crippen molar-refractivity contribution in [3.63, 3.8) is 0 Å². The Labute approximate surface area is 151 Å². The fraction of sp³-hybridized carbons (Fsp3) is 0.476. The predicted molar refractivity (Wildman–Crippen MR) is 105 cm³/mol. The van der Waals surface area contributed by atoms with E-state index in [4.69, 9.17) is 4.74 Å². The minimum absolute atomic E-state index is 0.686. The van der Waals surface area contributed by atoms with Gasteiger partial charge in [0.15, 0.2) is 0 Å². The van der Waals surface area contributed by atoms with Gasteiger partial charge in [-0.15, -0.1) is 0 Å². The van der Waals surface area contributed by atoms with Crippen molar-refractivity contribution in [1.82, 2.24) is 4.98 Å². The summed E-state index contributed by atoms with van der Waals surface area (Å²) in [5.74, 6) is 1.60. The van der Waals surface area contributed by atoms with Gasteiger partial charge < -0.3 is 15.0 Å². The number of pyridine rings is 1. The van der Waals surface area contributed by atoms with E-state index in [1.54, 1.807) is 0 Å². The van der Waals surface area contributed by atoms with E-state index in [1.807, 2.05) is 6.92 Å². The Hall–Kier alpha value is -2.23. The summed E-state index contributed by atoms with van der Waals surface area (Å²) in [6.07, 6.45) is 2.40. The highest BCUT2D eigenvalue weighted by Crippen LogP contribution is 2.40. The molecule has 0 saturated carbocycles. The van der Waals surface area contributed by atoms with Gasteiger partial charge in [0.05, 0.1) is 5.69 Å². The average Bonchev–Trinajstić information content (AvgIpc) is 2.56. The lowest BCUT2D eigenvalue weighted by Crippen LogP contribution is -2.35. The second kappa shape index (κ2) is 7.34. The van der Waals surface area contributed by atoms with E-state index in [0.717, 1.165) is 47.9 Å². The Morgan fingerprint density at radius 2 is 1.84 bits per heavy atom. The Morgan fingerprint density at radius 1 is 1.12 bits per heavy atom. The Morgan fingerprint density at radius 3 is 2.52 bits per heavy atom. The molecule has 0 saturated heterocycles. The largest absolute Gasteiger partial charge is 0.436 e. The number of aryl methyl sites for hydroxylation is 4. The van der Waals surface area contributed by atoms with E-state index in [2.05, 4.69) is 61.1 Å². The maximum atomic E-state index is 6.33. The molecule has 4 nitrogen and oxygen atoms in total. The molecule has 1 aromatic heterocycles. The minimum Gasteiger partial charge on any atom is -0.436 e. The second-order valence-electron chi connectivity index (χ2n) is 7.06. The molecule has 4 heteroatoms. The van der Waals surface area contributed by atoms with Crippen LogP contribution in [0, 0.1) is 27.7 Å². The summed E-state index contributed by atoms with van der Waals surface area (Å²) in [5, 5.41) is 3.51. The molecule has 0 fully saturated rings. The lowest BCUT2D eigenvalue weighted by atomic mass is 10.1. The van der Waals surface area contributed by atoms with Gasteiger partial charge in [0.25, 0.3) is 0 Å². The number of fused-ring (bicyclic) bond motifs is 1. The van der Waals surface area contributed by atoms with Crippen molar-refractivity contribution in [2.45, 2.75) is 47.5 Å². The first-order valence-corrected chi connectivity index (χ1v) is 9.25. The number of hydrogen-bond acceptors (Lipinski definition) is 4. The van der Waals surface area contributed by atoms with Crippen LogP contribution in [0.15, 0.2) is 18.2 Å². The van der Waals surface area contributed by atoms with Crippen LogP contribution in [0.2, 0.25) is 0 Å². The Bertz CT molecular complexity index is 747. The molecule has 25 heavy (non-hydrogen) atoms. The topological polar surface area (TPSA) is 37.4 Å². The standard InChI is InChI=1S/C21H29N3O/c1-6-7-9-24-10-8-22-19-18(24)13-17(5)23-21(19)25-20-15(3)11-14(2)12-16(20)4/h11-13,22H,6-10H2,1-5H3. The SMILES string of the molecule is CCCCN1CCNc2c1cc(C)nc2Oc1c(C)cc(C)cc1C. The summed E-state index contributed by atoms with van der Waals surface area (Å²) in [5.41, 5.74) is 6.77. The first-order valence-electron chi connectivity index (χ1n) is 9.25. The lowest BCUT2D eigenvalue weighted by Gasteiger charge is -2.33. The fourth-order valence-electron chi connectivity index (χ4n) is 3.56. The molecular weight excluding hydrogens is 310 g/mol. The number of unbranched alkanes of at least 4 members (excludes halogenated alkanes) is 1. The fourth-order valence-corrected chi connectivity index (χ4v) is 3.56. The maximum Gasteiger partial charge on any atom is 0.245 e. The number of nitrogens with one attached hydrogen (secondary N) is 1. The van der Waals surface area contributed by atoms with E-state index in [1.165, 1.54) is 24.1 Å². The molecule has 2 aromatic rings. The van der Waals surface area contributed by atoms with Crippen LogP contribution in [0.1, 0.15) is 42.1 Å². The molecule has 0 radical (unpaired) electrons. The molecule has 1 aliphatic heterocycles. The smallest absolute Gasteiger partial charge is 0.245 e. The predicted octanol–water partition coefficient (Wildman–Crippen LogP) is 5.14. The summed E-state index contributed by atoms with van der Waals surface area (Å²) in [6, 6.07) is 6.48. The summed E-state index contributed by atoms with van der Waals surface area (Å²) in [6.45, 7) is 13.6.